The van der Waals surface area contributed by atoms with Crippen LogP contribution >= 0.6 is 11.8 Å². The van der Waals surface area contributed by atoms with Gasteiger partial charge < -0.3 is 0 Å². The highest BCUT2D eigenvalue weighted by Gasteiger charge is 1.95. The van der Waals surface area contributed by atoms with Crippen LogP contribution < -0.4 is 0 Å². The first kappa shape index (κ1) is 19.3. The summed E-state index contributed by atoms with van der Waals surface area (Å²) in [4.78, 5) is 0. The zero-order valence-electron chi connectivity index (χ0n) is 13.6. The molecule has 0 N–H and O–H groups in total. The van der Waals surface area contributed by atoms with Gasteiger partial charge in [0.15, 0.2) is 0 Å². The van der Waals surface area contributed by atoms with Gasteiger partial charge in [-0.05, 0) is 44.3 Å². The topological polar surface area (TPSA) is 0 Å². The molecule has 0 rings (SSSR count). The minimum absolute atomic E-state index is 0.808. The van der Waals surface area contributed by atoms with Crippen molar-refractivity contribution >= 4 is 11.8 Å². The summed E-state index contributed by atoms with van der Waals surface area (Å²) in [5.41, 5.74) is 0. The molecule has 0 spiro atoms. The maximum absolute atomic E-state index is 2.31. The number of hydrogen-bond donors (Lipinski definition) is 0. The molecule has 0 bridgehead atoms. The normalized spacial score (nSPS) is 14.3. The molecule has 0 aromatic heterocycles. The average molecular weight is 293 g/mol. The van der Waals surface area contributed by atoms with Crippen LogP contribution in [-0.2, 0) is 0 Å². The van der Waals surface area contributed by atoms with E-state index >= 15 is 0 Å². The number of allylic oxidation sites excluding steroid dienone is 8. The van der Waals surface area contributed by atoms with E-state index in [1.54, 1.807) is 0 Å². The second-order valence-electron chi connectivity index (χ2n) is 4.88. The van der Waals surface area contributed by atoms with Gasteiger partial charge in [0.1, 0.15) is 0 Å². The van der Waals surface area contributed by atoms with Crippen LogP contribution in [0.15, 0.2) is 48.6 Å². The van der Waals surface area contributed by atoms with Gasteiger partial charge in [-0.15, -0.1) is 0 Å². The van der Waals surface area contributed by atoms with Crippen LogP contribution in [0.2, 0.25) is 0 Å². The third-order valence-corrected chi connectivity index (χ3v) is 4.35. The lowest BCUT2D eigenvalue weighted by atomic mass is 10.2. The van der Waals surface area contributed by atoms with Gasteiger partial charge in [-0.25, -0.2) is 0 Å². The first-order valence-electron chi connectivity index (χ1n) is 8.02. The molecule has 0 radical (unpaired) electrons. The molecule has 0 nitrogen and oxygen atoms in total. The minimum Gasteiger partial charge on any atom is -0.159 e. The van der Waals surface area contributed by atoms with Crippen molar-refractivity contribution in [2.75, 3.05) is 5.75 Å². The Morgan fingerprint density at radius 3 is 1.75 bits per heavy atom. The Labute approximate surface area is 131 Å². The van der Waals surface area contributed by atoms with E-state index in [1.165, 1.54) is 18.6 Å². The quantitative estimate of drug-likeness (QED) is 0.284. The number of rotatable bonds is 12. The molecule has 1 heteroatoms. The summed E-state index contributed by atoms with van der Waals surface area (Å²) in [6.07, 6.45) is 24.8. The summed E-state index contributed by atoms with van der Waals surface area (Å²) >= 11 is 2.08. The van der Waals surface area contributed by atoms with Crippen LogP contribution in [0.5, 0.6) is 0 Å². The second kappa shape index (κ2) is 16.4. The molecule has 0 fully saturated rings. The van der Waals surface area contributed by atoms with Crippen molar-refractivity contribution in [3.05, 3.63) is 48.6 Å². The van der Waals surface area contributed by atoms with Gasteiger partial charge in [-0.1, -0.05) is 69.4 Å². The molecule has 0 aliphatic heterocycles. The van der Waals surface area contributed by atoms with E-state index in [9.17, 15) is 0 Å². The van der Waals surface area contributed by atoms with E-state index in [2.05, 4.69) is 81.1 Å². The lowest BCUT2D eigenvalue weighted by Gasteiger charge is -2.05. The van der Waals surface area contributed by atoms with Gasteiger partial charge in [0.2, 0.25) is 0 Å². The summed E-state index contributed by atoms with van der Waals surface area (Å²) in [6.45, 7) is 6.73. The first-order valence-corrected chi connectivity index (χ1v) is 9.07. The third kappa shape index (κ3) is 15.4. The van der Waals surface area contributed by atoms with Crippen molar-refractivity contribution in [3.63, 3.8) is 0 Å². The monoisotopic (exact) mass is 292 g/mol. The Morgan fingerprint density at radius 1 is 0.750 bits per heavy atom. The summed E-state index contributed by atoms with van der Waals surface area (Å²) in [6, 6.07) is 0. The van der Waals surface area contributed by atoms with Crippen molar-refractivity contribution < 1.29 is 0 Å². The molecule has 0 saturated heterocycles. The Kier molecular flexibility index (Phi) is 15.8. The van der Waals surface area contributed by atoms with E-state index in [-0.39, 0.29) is 0 Å². The van der Waals surface area contributed by atoms with Crippen molar-refractivity contribution in [1.82, 2.24) is 0 Å². The van der Waals surface area contributed by atoms with Gasteiger partial charge in [-0.2, -0.15) is 11.8 Å². The largest absolute Gasteiger partial charge is 0.159 e. The Bertz CT molecular complexity index is 297. The molecule has 20 heavy (non-hydrogen) atoms. The highest BCUT2D eigenvalue weighted by Crippen LogP contribution is 2.14. The van der Waals surface area contributed by atoms with Crippen molar-refractivity contribution in [3.8, 4) is 0 Å². The molecule has 0 saturated carbocycles. The molecule has 0 amide bonds. The standard InChI is InChI=1S/C19H32S/c1-4-6-7-8-9-10-11-12-13-14-15-16-17-18-20-19(3)5-2/h6-7,9-10,12-13,15-16,19H,4-5,8,11,14,17-18H2,1-3H3/b7-6-,10-9-,13-12-,16-15-. The second-order valence-corrected chi connectivity index (χ2v) is 6.43. The predicted octanol–water partition coefficient (Wildman–Crippen LogP) is 6.71. The van der Waals surface area contributed by atoms with Crippen molar-refractivity contribution in [2.45, 2.75) is 64.5 Å². The molecule has 114 valence electrons. The molecular formula is C19H32S. The van der Waals surface area contributed by atoms with Crippen LogP contribution in [0.1, 0.15) is 59.3 Å². The van der Waals surface area contributed by atoms with Crippen LogP contribution in [-0.4, -0.2) is 11.0 Å². The Balaban J connectivity index is 3.40. The summed E-state index contributed by atoms with van der Waals surface area (Å²) in [7, 11) is 0. The van der Waals surface area contributed by atoms with Gasteiger partial charge in [0.25, 0.3) is 0 Å². The van der Waals surface area contributed by atoms with E-state index in [4.69, 9.17) is 0 Å². The zero-order valence-corrected chi connectivity index (χ0v) is 14.4. The van der Waals surface area contributed by atoms with E-state index in [0.717, 1.165) is 30.9 Å². The number of hydrogen-bond acceptors (Lipinski definition) is 1. The number of thioether (sulfide) groups is 1. The zero-order chi connectivity index (χ0) is 14.9. The molecule has 0 aromatic rings. The van der Waals surface area contributed by atoms with Crippen LogP contribution in [0, 0.1) is 0 Å². The fourth-order valence-corrected chi connectivity index (χ4v) is 2.46. The smallest absolute Gasteiger partial charge is 0.00162 e. The van der Waals surface area contributed by atoms with E-state index in [0.29, 0.717) is 0 Å². The van der Waals surface area contributed by atoms with Gasteiger partial charge in [0.05, 0.1) is 0 Å². The first-order chi connectivity index (χ1) is 9.81. The van der Waals surface area contributed by atoms with Gasteiger partial charge in [0, 0.05) is 5.25 Å². The SMILES string of the molecule is CC/C=C\C/C=C\C/C=C\C/C=C\CCSC(C)CC. The lowest BCUT2D eigenvalue weighted by molar-refractivity contribution is 0.904. The minimum atomic E-state index is 0.808. The lowest BCUT2D eigenvalue weighted by Crippen LogP contribution is -1.93. The molecule has 0 aliphatic rings. The molecule has 1 atom stereocenters. The van der Waals surface area contributed by atoms with Crippen LogP contribution in [0.25, 0.3) is 0 Å². The molecule has 0 heterocycles. The van der Waals surface area contributed by atoms with E-state index < -0.39 is 0 Å². The summed E-state index contributed by atoms with van der Waals surface area (Å²) in [5.74, 6) is 1.25. The maximum Gasteiger partial charge on any atom is 0.00162 e. The molecule has 0 aliphatic carbocycles. The highest BCUT2D eigenvalue weighted by atomic mass is 32.2. The molecular weight excluding hydrogens is 260 g/mol. The predicted molar refractivity (Wildman–Crippen MR) is 97.5 cm³/mol. The van der Waals surface area contributed by atoms with Crippen molar-refractivity contribution in [1.29, 1.82) is 0 Å². The summed E-state index contributed by atoms with van der Waals surface area (Å²) in [5, 5.41) is 0.808. The maximum atomic E-state index is 2.31. The fourth-order valence-electron chi connectivity index (χ4n) is 1.55. The van der Waals surface area contributed by atoms with Crippen molar-refractivity contribution in [2.24, 2.45) is 0 Å². The average Bonchev–Trinajstić information content (AvgIpc) is 2.47. The van der Waals surface area contributed by atoms with E-state index in [1.807, 2.05) is 0 Å². The Hall–Kier alpha value is -0.690. The fraction of sp³-hybridized carbons (Fsp3) is 0.579. The summed E-state index contributed by atoms with van der Waals surface area (Å²) < 4.78 is 0. The van der Waals surface area contributed by atoms with Gasteiger partial charge in [-0.3, -0.25) is 0 Å². The molecule has 0 aromatic carbocycles. The Morgan fingerprint density at radius 2 is 1.25 bits per heavy atom. The van der Waals surface area contributed by atoms with Gasteiger partial charge >= 0.3 is 0 Å². The third-order valence-electron chi connectivity index (χ3n) is 2.98. The highest BCUT2D eigenvalue weighted by molar-refractivity contribution is 7.99. The van der Waals surface area contributed by atoms with Crippen LogP contribution in [0.3, 0.4) is 0 Å². The molecule has 1 unspecified atom stereocenters. The van der Waals surface area contributed by atoms with Crippen LogP contribution in [0.4, 0.5) is 0 Å².